The summed E-state index contributed by atoms with van der Waals surface area (Å²) in [5.41, 5.74) is 0.995. The second kappa shape index (κ2) is 6.31. The molecule has 0 saturated carbocycles. The fourth-order valence-electron chi connectivity index (χ4n) is 1.89. The zero-order chi connectivity index (χ0) is 13.7. The van der Waals surface area contributed by atoms with Gasteiger partial charge in [0.25, 0.3) is 0 Å². The molecule has 0 saturated heterocycles. The summed E-state index contributed by atoms with van der Waals surface area (Å²) in [6.45, 7) is 5.00. The molecule has 1 aromatic carbocycles. The SMILES string of the molecule is CCCCNC(=O)N[C@@H](C)c1ccc2c(c1)OCO2. The maximum Gasteiger partial charge on any atom is 0.315 e. The van der Waals surface area contributed by atoms with Crippen molar-refractivity contribution in [2.45, 2.75) is 32.7 Å². The zero-order valence-corrected chi connectivity index (χ0v) is 11.4. The molecule has 19 heavy (non-hydrogen) atoms. The van der Waals surface area contributed by atoms with Gasteiger partial charge in [0.1, 0.15) is 0 Å². The van der Waals surface area contributed by atoms with E-state index in [9.17, 15) is 4.79 Å². The number of amides is 2. The first kappa shape index (κ1) is 13.5. The first-order chi connectivity index (χ1) is 9.20. The van der Waals surface area contributed by atoms with Crippen molar-refractivity contribution in [3.63, 3.8) is 0 Å². The van der Waals surface area contributed by atoms with Crippen molar-refractivity contribution in [1.82, 2.24) is 10.6 Å². The van der Waals surface area contributed by atoms with Gasteiger partial charge in [-0.25, -0.2) is 4.79 Å². The predicted molar refractivity (Wildman–Crippen MR) is 72.4 cm³/mol. The lowest BCUT2D eigenvalue weighted by atomic mass is 10.1. The van der Waals surface area contributed by atoms with Gasteiger partial charge in [0.2, 0.25) is 6.79 Å². The molecular weight excluding hydrogens is 244 g/mol. The molecule has 2 N–H and O–H groups in total. The number of ether oxygens (including phenoxy) is 2. The highest BCUT2D eigenvalue weighted by atomic mass is 16.7. The van der Waals surface area contributed by atoms with Gasteiger partial charge in [0, 0.05) is 6.54 Å². The van der Waals surface area contributed by atoms with Crippen LogP contribution in [0.3, 0.4) is 0 Å². The minimum atomic E-state index is -0.140. The molecular formula is C14H20N2O3. The Bertz CT molecular complexity index is 448. The Morgan fingerprint density at radius 3 is 2.95 bits per heavy atom. The Balaban J connectivity index is 1.89. The predicted octanol–water partition coefficient (Wildman–Crippen LogP) is 2.58. The van der Waals surface area contributed by atoms with Gasteiger partial charge >= 0.3 is 6.03 Å². The van der Waals surface area contributed by atoms with E-state index in [1.807, 2.05) is 25.1 Å². The molecule has 0 aliphatic carbocycles. The largest absolute Gasteiger partial charge is 0.454 e. The van der Waals surface area contributed by atoms with E-state index in [-0.39, 0.29) is 18.9 Å². The standard InChI is InChI=1S/C14H20N2O3/c1-3-4-7-15-14(17)16-10(2)11-5-6-12-13(8-11)19-9-18-12/h5-6,8,10H,3-4,7,9H2,1-2H3,(H2,15,16,17)/t10-/m0/s1. The molecule has 0 unspecified atom stereocenters. The van der Waals surface area contributed by atoms with Crippen molar-refractivity contribution in [2.75, 3.05) is 13.3 Å². The van der Waals surface area contributed by atoms with Crippen LogP contribution in [0, 0.1) is 0 Å². The molecule has 0 fully saturated rings. The van der Waals surface area contributed by atoms with Crippen LogP contribution in [0.25, 0.3) is 0 Å². The molecule has 2 amide bonds. The summed E-state index contributed by atoms with van der Waals surface area (Å²) in [7, 11) is 0. The minimum Gasteiger partial charge on any atom is -0.454 e. The summed E-state index contributed by atoms with van der Waals surface area (Å²) < 4.78 is 10.6. The average Bonchev–Trinajstić information content (AvgIpc) is 2.86. The van der Waals surface area contributed by atoms with E-state index in [2.05, 4.69) is 17.6 Å². The Hall–Kier alpha value is -1.91. The van der Waals surface area contributed by atoms with Gasteiger partial charge in [-0.1, -0.05) is 19.4 Å². The quantitative estimate of drug-likeness (QED) is 0.804. The highest BCUT2D eigenvalue weighted by molar-refractivity contribution is 5.74. The number of carbonyl (C=O) groups excluding carboxylic acids is 1. The number of urea groups is 1. The van der Waals surface area contributed by atoms with E-state index in [0.717, 1.165) is 29.9 Å². The Morgan fingerprint density at radius 2 is 2.16 bits per heavy atom. The summed E-state index contributed by atoms with van der Waals surface area (Å²) in [5.74, 6) is 1.49. The van der Waals surface area contributed by atoms with E-state index < -0.39 is 0 Å². The van der Waals surface area contributed by atoms with Gasteiger partial charge in [-0.3, -0.25) is 0 Å². The van der Waals surface area contributed by atoms with Crippen LogP contribution in [-0.4, -0.2) is 19.4 Å². The summed E-state index contributed by atoms with van der Waals surface area (Å²) >= 11 is 0. The minimum absolute atomic E-state index is 0.0730. The molecule has 0 aromatic heterocycles. The van der Waals surface area contributed by atoms with Gasteiger partial charge in [0.05, 0.1) is 6.04 Å². The second-order valence-electron chi connectivity index (χ2n) is 4.59. The highest BCUT2D eigenvalue weighted by Gasteiger charge is 2.16. The van der Waals surface area contributed by atoms with Crippen LogP contribution in [0.4, 0.5) is 4.79 Å². The molecule has 1 heterocycles. The lowest BCUT2D eigenvalue weighted by Gasteiger charge is -2.15. The van der Waals surface area contributed by atoms with E-state index in [1.165, 1.54) is 0 Å². The van der Waals surface area contributed by atoms with E-state index in [1.54, 1.807) is 0 Å². The van der Waals surface area contributed by atoms with Gasteiger partial charge in [-0.05, 0) is 31.0 Å². The molecule has 104 valence electrons. The fourth-order valence-corrected chi connectivity index (χ4v) is 1.89. The van der Waals surface area contributed by atoms with Crippen LogP contribution >= 0.6 is 0 Å². The topological polar surface area (TPSA) is 59.6 Å². The van der Waals surface area contributed by atoms with Crippen LogP contribution < -0.4 is 20.1 Å². The van der Waals surface area contributed by atoms with Gasteiger partial charge < -0.3 is 20.1 Å². The number of benzene rings is 1. The third kappa shape index (κ3) is 3.53. The van der Waals surface area contributed by atoms with Gasteiger partial charge in [-0.15, -0.1) is 0 Å². The van der Waals surface area contributed by atoms with Crippen molar-refractivity contribution < 1.29 is 14.3 Å². The van der Waals surface area contributed by atoms with Gasteiger partial charge in [-0.2, -0.15) is 0 Å². The smallest absolute Gasteiger partial charge is 0.315 e. The monoisotopic (exact) mass is 264 g/mol. The van der Waals surface area contributed by atoms with Crippen LogP contribution in [0.5, 0.6) is 11.5 Å². The molecule has 0 radical (unpaired) electrons. The fraction of sp³-hybridized carbons (Fsp3) is 0.500. The Labute approximate surface area is 113 Å². The summed E-state index contributed by atoms with van der Waals surface area (Å²) in [6, 6.07) is 5.49. The summed E-state index contributed by atoms with van der Waals surface area (Å²) in [5, 5.41) is 5.73. The first-order valence-electron chi connectivity index (χ1n) is 6.64. The van der Waals surface area contributed by atoms with Crippen LogP contribution in [0.1, 0.15) is 38.3 Å². The molecule has 1 atom stereocenters. The number of unbranched alkanes of at least 4 members (excludes halogenated alkanes) is 1. The van der Waals surface area contributed by atoms with E-state index in [0.29, 0.717) is 6.54 Å². The number of carbonyl (C=O) groups is 1. The average molecular weight is 264 g/mol. The number of fused-ring (bicyclic) bond motifs is 1. The highest BCUT2D eigenvalue weighted by Crippen LogP contribution is 2.34. The van der Waals surface area contributed by atoms with Crippen molar-refractivity contribution in [3.8, 4) is 11.5 Å². The molecule has 5 nitrogen and oxygen atoms in total. The molecule has 1 aromatic rings. The number of hydrogen-bond donors (Lipinski definition) is 2. The van der Waals surface area contributed by atoms with E-state index >= 15 is 0 Å². The van der Waals surface area contributed by atoms with Crippen molar-refractivity contribution in [2.24, 2.45) is 0 Å². The molecule has 5 heteroatoms. The first-order valence-corrected chi connectivity index (χ1v) is 6.64. The molecule has 0 spiro atoms. The zero-order valence-electron chi connectivity index (χ0n) is 11.4. The second-order valence-corrected chi connectivity index (χ2v) is 4.59. The number of hydrogen-bond acceptors (Lipinski definition) is 3. The van der Waals surface area contributed by atoms with Crippen molar-refractivity contribution >= 4 is 6.03 Å². The Kier molecular flexibility index (Phi) is 4.49. The van der Waals surface area contributed by atoms with Crippen molar-refractivity contribution in [3.05, 3.63) is 23.8 Å². The number of rotatable bonds is 5. The Morgan fingerprint density at radius 1 is 1.37 bits per heavy atom. The maximum absolute atomic E-state index is 11.7. The molecule has 1 aliphatic heterocycles. The van der Waals surface area contributed by atoms with Crippen molar-refractivity contribution in [1.29, 1.82) is 0 Å². The lowest BCUT2D eigenvalue weighted by Crippen LogP contribution is -2.37. The third-order valence-electron chi connectivity index (χ3n) is 3.06. The molecule has 2 rings (SSSR count). The van der Waals surface area contributed by atoms with Crippen LogP contribution in [0.15, 0.2) is 18.2 Å². The molecule has 0 bridgehead atoms. The number of nitrogens with one attached hydrogen (secondary N) is 2. The van der Waals surface area contributed by atoms with Crippen LogP contribution in [-0.2, 0) is 0 Å². The maximum atomic E-state index is 11.7. The third-order valence-corrected chi connectivity index (χ3v) is 3.06. The van der Waals surface area contributed by atoms with E-state index in [4.69, 9.17) is 9.47 Å². The molecule has 1 aliphatic rings. The summed E-state index contributed by atoms with van der Waals surface area (Å²) in [4.78, 5) is 11.7. The normalized spacial score (nSPS) is 14.0. The van der Waals surface area contributed by atoms with Crippen LogP contribution in [0.2, 0.25) is 0 Å². The van der Waals surface area contributed by atoms with Gasteiger partial charge in [0.15, 0.2) is 11.5 Å². The summed E-state index contributed by atoms with van der Waals surface area (Å²) in [6.07, 6.45) is 2.06. The lowest BCUT2D eigenvalue weighted by molar-refractivity contribution is 0.174.